The number of hydrogen-bond acceptors (Lipinski definition) is 5. The molecule has 0 aliphatic heterocycles. The monoisotopic (exact) mass is 286 g/mol. The molecule has 3 rings (SSSR count). The number of pyridine rings is 1. The van der Waals surface area contributed by atoms with Crippen LogP contribution in [0.15, 0.2) is 40.9 Å². The Labute approximate surface area is 120 Å². The highest BCUT2D eigenvalue weighted by molar-refractivity contribution is 6.33. The summed E-state index contributed by atoms with van der Waals surface area (Å²) in [4.78, 5) is 8.68. The summed E-state index contributed by atoms with van der Waals surface area (Å²) in [7, 11) is 0. The van der Waals surface area contributed by atoms with Gasteiger partial charge in [-0.3, -0.25) is 0 Å². The highest BCUT2D eigenvalue weighted by Crippen LogP contribution is 2.26. The Hall–Kier alpha value is -2.40. The van der Waals surface area contributed by atoms with Crippen molar-refractivity contribution in [3.8, 4) is 23.0 Å². The van der Waals surface area contributed by atoms with Crippen molar-refractivity contribution in [1.82, 2.24) is 15.1 Å². The first-order valence-electron chi connectivity index (χ1n) is 5.96. The third-order valence-electron chi connectivity index (χ3n) is 2.79. The van der Waals surface area contributed by atoms with E-state index >= 15 is 0 Å². The van der Waals surface area contributed by atoms with Crippen molar-refractivity contribution in [3.63, 3.8) is 0 Å². The second kappa shape index (κ2) is 4.94. The van der Waals surface area contributed by atoms with Crippen molar-refractivity contribution in [2.75, 3.05) is 5.73 Å². The largest absolute Gasteiger partial charge is 0.398 e. The summed E-state index contributed by atoms with van der Waals surface area (Å²) in [6.45, 7) is 1.91. The summed E-state index contributed by atoms with van der Waals surface area (Å²) in [5, 5.41) is 4.43. The molecule has 1 aromatic carbocycles. The zero-order chi connectivity index (χ0) is 14.1. The summed E-state index contributed by atoms with van der Waals surface area (Å²) >= 11 is 5.88. The van der Waals surface area contributed by atoms with E-state index in [0.717, 1.165) is 11.3 Å². The summed E-state index contributed by atoms with van der Waals surface area (Å²) in [6, 6.07) is 10.8. The maximum atomic E-state index is 5.88. The van der Waals surface area contributed by atoms with Gasteiger partial charge in [-0.15, -0.1) is 0 Å². The molecule has 0 fully saturated rings. The molecular weight excluding hydrogens is 276 g/mol. The Morgan fingerprint density at radius 2 is 2.00 bits per heavy atom. The molecule has 0 aliphatic carbocycles. The van der Waals surface area contributed by atoms with E-state index < -0.39 is 0 Å². The summed E-state index contributed by atoms with van der Waals surface area (Å²) < 4.78 is 5.24. The van der Waals surface area contributed by atoms with Crippen molar-refractivity contribution in [2.24, 2.45) is 0 Å². The van der Waals surface area contributed by atoms with Crippen LogP contribution in [0, 0.1) is 6.92 Å². The number of rotatable bonds is 2. The molecule has 2 N–H and O–H groups in total. The number of nitrogens with zero attached hydrogens (tertiary/aromatic N) is 3. The number of aryl methyl sites for hydroxylation is 1. The van der Waals surface area contributed by atoms with E-state index in [9.17, 15) is 0 Å². The average molecular weight is 287 g/mol. The van der Waals surface area contributed by atoms with Gasteiger partial charge in [-0.1, -0.05) is 22.8 Å². The van der Waals surface area contributed by atoms with E-state index in [2.05, 4.69) is 15.1 Å². The fourth-order valence-corrected chi connectivity index (χ4v) is 1.91. The van der Waals surface area contributed by atoms with Gasteiger partial charge in [0, 0.05) is 11.3 Å². The topological polar surface area (TPSA) is 77.8 Å². The third kappa shape index (κ3) is 2.35. The molecule has 2 aromatic heterocycles. The van der Waals surface area contributed by atoms with E-state index in [1.807, 2.05) is 25.1 Å². The van der Waals surface area contributed by atoms with Crippen LogP contribution in [0.25, 0.3) is 23.0 Å². The number of benzene rings is 1. The minimum Gasteiger partial charge on any atom is -0.398 e. The molecule has 2 heterocycles. The van der Waals surface area contributed by atoms with Gasteiger partial charge < -0.3 is 10.3 Å². The predicted octanol–water partition coefficient (Wildman–Crippen LogP) is 3.34. The molecule has 6 heteroatoms. The van der Waals surface area contributed by atoms with E-state index in [1.165, 1.54) is 0 Å². The summed E-state index contributed by atoms with van der Waals surface area (Å²) in [5.41, 5.74) is 8.51. The zero-order valence-electron chi connectivity index (χ0n) is 10.7. The van der Waals surface area contributed by atoms with Crippen LogP contribution < -0.4 is 5.73 Å². The molecule has 0 unspecified atom stereocenters. The third-order valence-corrected chi connectivity index (χ3v) is 3.13. The lowest BCUT2D eigenvalue weighted by Crippen LogP contribution is -1.89. The number of hydrogen-bond donors (Lipinski definition) is 1. The molecule has 0 saturated heterocycles. The van der Waals surface area contributed by atoms with Crippen molar-refractivity contribution in [2.45, 2.75) is 6.92 Å². The first kappa shape index (κ1) is 12.6. The molecule has 0 amide bonds. The molecule has 0 bridgehead atoms. The first-order valence-corrected chi connectivity index (χ1v) is 6.34. The van der Waals surface area contributed by atoms with Crippen LogP contribution in [0.3, 0.4) is 0 Å². The van der Waals surface area contributed by atoms with Crippen LogP contribution in [0.2, 0.25) is 5.02 Å². The molecule has 0 atom stereocenters. The molecular formula is C14H11ClN4O. The quantitative estimate of drug-likeness (QED) is 0.731. The van der Waals surface area contributed by atoms with Gasteiger partial charge in [-0.25, -0.2) is 4.98 Å². The van der Waals surface area contributed by atoms with Crippen molar-refractivity contribution >= 4 is 17.3 Å². The number of aromatic nitrogens is 3. The Balaban J connectivity index is 1.99. The first-order chi connectivity index (χ1) is 9.63. The van der Waals surface area contributed by atoms with Crippen LogP contribution in [-0.4, -0.2) is 15.1 Å². The minimum absolute atomic E-state index is 0.381. The van der Waals surface area contributed by atoms with Gasteiger partial charge in [0.2, 0.25) is 5.82 Å². The number of nitrogen functional groups attached to an aromatic ring is 1. The highest BCUT2D eigenvalue weighted by Gasteiger charge is 2.12. The maximum absolute atomic E-state index is 5.88. The standard InChI is InChI=1S/C14H11ClN4O/c1-8-3-2-4-12(17-8)13-18-14(20-19-13)9-5-6-10(15)11(16)7-9/h2-7H,16H2,1H3. The molecule has 0 radical (unpaired) electrons. The van der Waals surface area contributed by atoms with Crippen LogP contribution in [0.4, 0.5) is 5.69 Å². The van der Waals surface area contributed by atoms with Crippen molar-refractivity contribution in [1.29, 1.82) is 0 Å². The fraction of sp³-hybridized carbons (Fsp3) is 0.0714. The Morgan fingerprint density at radius 1 is 1.15 bits per heavy atom. The van der Waals surface area contributed by atoms with Crippen LogP contribution in [0.1, 0.15) is 5.69 Å². The lowest BCUT2D eigenvalue weighted by Gasteiger charge is -1.99. The van der Waals surface area contributed by atoms with Crippen LogP contribution in [-0.2, 0) is 0 Å². The Kier molecular flexibility index (Phi) is 3.12. The van der Waals surface area contributed by atoms with Crippen LogP contribution >= 0.6 is 11.6 Å². The maximum Gasteiger partial charge on any atom is 0.258 e. The number of anilines is 1. The predicted molar refractivity (Wildman–Crippen MR) is 77.1 cm³/mol. The van der Waals surface area contributed by atoms with Crippen molar-refractivity contribution < 1.29 is 4.52 Å². The molecule has 0 spiro atoms. The number of halogens is 1. The van der Waals surface area contributed by atoms with Crippen LogP contribution in [0.5, 0.6) is 0 Å². The molecule has 100 valence electrons. The van der Waals surface area contributed by atoms with Gasteiger partial charge in [0.05, 0.1) is 10.7 Å². The van der Waals surface area contributed by atoms with E-state index in [0.29, 0.717) is 28.1 Å². The second-order valence-corrected chi connectivity index (χ2v) is 4.73. The van der Waals surface area contributed by atoms with Gasteiger partial charge in [0.1, 0.15) is 5.69 Å². The van der Waals surface area contributed by atoms with Crippen molar-refractivity contribution in [3.05, 3.63) is 47.1 Å². The van der Waals surface area contributed by atoms with Gasteiger partial charge in [0.15, 0.2) is 0 Å². The summed E-state index contributed by atoms with van der Waals surface area (Å²) in [5.74, 6) is 0.823. The van der Waals surface area contributed by atoms with Gasteiger partial charge in [0.25, 0.3) is 5.89 Å². The SMILES string of the molecule is Cc1cccc(-c2noc(-c3ccc(Cl)c(N)c3)n2)n1. The van der Waals surface area contributed by atoms with E-state index in [-0.39, 0.29) is 0 Å². The summed E-state index contributed by atoms with van der Waals surface area (Å²) in [6.07, 6.45) is 0. The molecule has 0 saturated carbocycles. The fourth-order valence-electron chi connectivity index (χ4n) is 1.79. The normalized spacial score (nSPS) is 10.7. The zero-order valence-corrected chi connectivity index (χ0v) is 11.4. The Morgan fingerprint density at radius 3 is 2.75 bits per heavy atom. The van der Waals surface area contributed by atoms with Gasteiger partial charge in [-0.05, 0) is 37.3 Å². The molecule has 5 nitrogen and oxygen atoms in total. The Bertz CT molecular complexity index is 769. The van der Waals surface area contributed by atoms with Gasteiger partial charge in [-0.2, -0.15) is 4.98 Å². The van der Waals surface area contributed by atoms with E-state index in [1.54, 1.807) is 18.2 Å². The molecule has 20 heavy (non-hydrogen) atoms. The number of nitrogens with two attached hydrogens (primary N) is 1. The average Bonchev–Trinajstić information content (AvgIpc) is 2.92. The molecule has 3 aromatic rings. The molecule has 0 aliphatic rings. The lowest BCUT2D eigenvalue weighted by atomic mass is 10.2. The second-order valence-electron chi connectivity index (χ2n) is 4.32. The smallest absolute Gasteiger partial charge is 0.258 e. The lowest BCUT2D eigenvalue weighted by molar-refractivity contribution is 0.432. The minimum atomic E-state index is 0.381. The van der Waals surface area contributed by atoms with Gasteiger partial charge >= 0.3 is 0 Å². The van der Waals surface area contributed by atoms with E-state index in [4.69, 9.17) is 21.9 Å². The highest BCUT2D eigenvalue weighted by atomic mass is 35.5.